The van der Waals surface area contributed by atoms with E-state index in [1.165, 1.54) is 12.1 Å². The van der Waals surface area contributed by atoms with Crippen LogP contribution >= 0.6 is 0 Å². The van der Waals surface area contributed by atoms with Crippen molar-refractivity contribution in [2.24, 2.45) is 0 Å². The van der Waals surface area contributed by atoms with Gasteiger partial charge in [-0.15, -0.1) is 0 Å². The predicted octanol–water partition coefficient (Wildman–Crippen LogP) is 11.6. The SMILES string of the molecule is [C-]#[N+]c1cccc(C(F)(F)F)c1-c1cc(-n2c3ccccc3c3c(C)cccc32)c(C#N)cc1-n1c2ccccc2c2c(C)cccc21. The molecule has 0 spiro atoms. The van der Waals surface area contributed by atoms with Gasteiger partial charge in [0, 0.05) is 27.1 Å². The summed E-state index contributed by atoms with van der Waals surface area (Å²) in [4.78, 5) is 3.60. The fourth-order valence-corrected chi connectivity index (χ4v) is 7.31. The first-order chi connectivity index (χ1) is 23.2. The first-order valence-electron chi connectivity index (χ1n) is 15.4. The van der Waals surface area contributed by atoms with E-state index in [9.17, 15) is 18.4 Å². The average molecular weight is 631 g/mol. The van der Waals surface area contributed by atoms with Crippen LogP contribution in [0.5, 0.6) is 0 Å². The number of hydrogen-bond donors (Lipinski definition) is 0. The minimum Gasteiger partial charge on any atom is -0.309 e. The van der Waals surface area contributed by atoms with E-state index >= 15 is 0 Å². The lowest BCUT2D eigenvalue weighted by molar-refractivity contribution is -0.137. The number of para-hydroxylation sites is 2. The Bertz CT molecular complexity index is 2710. The summed E-state index contributed by atoms with van der Waals surface area (Å²) in [5.41, 5.74) is 5.29. The van der Waals surface area contributed by atoms with E-state index < -0.39 is 11.7 Å². The summed E-state index contributed by atoms with van der Waals surface area (Å²) in [7, 11) is 0. The zero-order chi connectivity index (χ0) is 33.3. The third kappa shape index (κ3) is 4.15. The smallest absolute Gasteiger partial charge is 0.309 e. The van der Waals surface area contributed by atoms with Crippen molar-refractivity contribution in [1.29, 1.82) is 5.26 Å². The van der Waals surface area contributed by atoms with Gasteiger partial charge >= 0.3 is 6.18 Å². The van der Waals surface area contributed by atoms with Crippen LogP contribution in [0.2, 0.25) is 0 Å². The lowest BCUT2D eigenvalue weighted by Crippen LogP contribution is -2.09. The van der Waals surface area contributed by atoms with Crippen molar-refractivity contribution in [1.82, 2.24) is 9.13 Å². The van der Waals surface area contributed by atoms with Gasteiger partial charge < -0.3 is 9.13 Å². The van der Waals surface area contributed by atoms with Crippen molar-refractivity contribution in [3.63, 3.8) is 0 Å². The standard InChI is InChI=1S/C41H25F3N4/c1-24-11-8-19-34-38(24)27-13-4-6-17-32(27)47(34)36-22-29(40-30(41(42,43)44)15-10-16-31(40)46-3)37(21-26(36)23-45)48-33-18-7-5-14-28(33)39-25(2)12-9-20-35(39)48/h4-22H,1-2H3. The van der Waals surface area contributed by atoms with Crippen molar-refractivity contribution in [3.05, 3.63) is 149 Å². The summed E-state index contributed by atoms with van der Waals surface area (Å²) in [5, 5.41) is 14.6. The van der Waals surface area contributed by atoms with Gasteiger partial charge in [-0.05, 0) is 66.9 Å². The molecule has 7 heteroatoms. The Morgan fingerprint density at radius 3 is 1.71 bits per heavy atom. The molecule has 0 radical (unpaired) electrons. The Labute approximate surface area is 273 Å². The lowest BCUT2D eigenvalue weighted by Gasteiger charge is -2.22. The average Bonchev–Trinajstić information content (AvgIpc) is 3.61. The van der Waals surface area contributed by atoms with E-state index in [1.54, 1.807) is 12.1 Å². The molecule has 0 fully saturated rings. The summed E-state index contributed by atoms with van der Waals surface area (Å²) in [5.74, 6) is 0. The van der Waals surface area contributed by atoms with Crippen LogP contribution in [-0.2, 0) is 6.18 Å². The maximum Gasteiger partial charge on any atom is 0.415 e. The lowest BCUT2D eigenvalue weighted by atomic mass is 9.93. The largest absolute Gasteiger partial charge is 0.415 e. The molecule has 0 aliphatic rings. The van der Waals surface area contributed by atoms with Crippen LogP contribution in [-0.4, -0.2) is 9.13 Å². The van der Waals surface area contributed by atoms with Gasteiger partial charge in [0.15, 0.2) is 5.69 Å². The zero-order valence-corrected chi connectivity index (χ0v) is 25.9. The first-order valence-corrected chi connectivity index (χ1v) is 15.4. The quantitative estimate of drug-likeness (QED) is 0.179. The number of rotatable bonds is 3. The third-order valence-corrected chi connectivity index (χ3v) is 9.27. The zero-order valence-electron chi connectivity index (χ0n) is 25.9. The van der Waals surface area contributed by atoms with Crippen LogP contribution in [0.15, 0.2) is 115 Å². The highest BCUT2D eigenvalue weighted by atomic mass is 19.4. The molecule has 8 aromatic rings. The number of nitriles is 1. The number of fused-ring (bicyclic) bond motifs is 6. The molecule has 0 aliphatic carbocycles. The molecule has 2 heterocycles. The molecule has 8 rings (SSSR count). The molecule has 0 saturated carbocycles. The van der Waals surface area contributed by atoms with Crippen LogP contribution < -0.4 is 0 Å². The number of halogens is 3. The number of nitrogens with zero attached hydrogens (tertiary/aromatic N) is 4. The molecular formula is C41H25F3N4. The van der Waals surface area contributed by atoms with Crippen molar-refractivity contribution in [3.8, 4) is 28.6 Å². The van der Waals surface area contributed by atoms with E-state index in [0.29, 0.717) is 11.4 Å². The fraction of sp³-hybridized carbons (Fsp3) is 0.0732. The number of benzene rings is 6. The van der Waals surface area contributed by atoms with Crippen molar-refractivity contribution >= 4 is 49.3 Å². The molecule has 48 heavy (non-hydrogen) atoms. The summed E-state index contributed by atoms with van der Waals surface area (Å²) in [6, 6.07) is 36.8. The van der Waals surface area contributed by atoms with E-state index in [0.717, 1.165) is 60.8 Å². The van der Waals surface area contributed by atoms with Crippen molar-refractivity contribution in [2.45, 2.75) is 20.0 Å². The topological polar surface area (TPSA) is 38.0 Å². The summed E-state index contributed by atoms with van der Waals surface area (Å²) in [6.45, 7) is 12.0. The van der Waals surface area contributed by atoms with Crippen LogP contribution in [0.3, 0.4) is 0 Å². The normalized spacial score (nSPS) is 11.8. The van der Waals surface area contributed by atoms with Crippen LogP contribution in [0.25, 0.3) is 71.0 Å². The van der Waals surface area contributed by atoms with E-state index in [4.69, 9.17) is 6.57 Å². The van der Waals surface area contributed by atoms with Crippen molar-refractivity contribution in [2.75, 3.05) is 0 Å². The number of hydrogen-bond acceptors (Lipinski definition) is 1. The molecular weight excluding hydrogens is 605 g/mol. The second-order valence-electron chi connectivity index (χ2n) is 12.0. The molecule has 6 aromatic carbocycles. The molecule has 0 saturated heterocycles. The minimum atomic E-state index is -4.75. The Morgan fingerprint density at radius 2 is 1.17 bits per heavy atom. The Morgan fingerprint density at radius 1 is 0.646 bits per heavy atom. The third-order valence-electron chi connectivity index (χ3n) is 9.27. The molecule has 0 amide bonds. The number of alkyl halides is 3. The highest BCUT2D eigenvalue weighted by molar-refractivity contribution is 6.13. The fourth-order valence-electron chi connectivity index (χ4n) is 7.31. The second kappa shape index (κ2) is 10.6. The summed E-state index contributed by atoms with van der Waals surface area (Å²) in [6.07, 6.45) is -4.75. The Balaban J connectivity index is 1.61. The molecule has 0 N–H and O–H groups in total. The number of aryl methyl sites for hydroxylation is 2. The summed E-state index contributed by atoms with van der Waals surface area (Å²) < 4.78 is 48.6. The summed E-state index contributed by atoms with van der Waals surface area (Å²) >= 11 is 0. The van der Waals surface area contributed by atoms with E-state index in [-0.39, 0.29) is 22.4 Å². The molecule has 0 aliphatic heterocycles. The monoisotopic (exact) mass is 630 g/mol. The van der Waals surface area contributed by atoms with Crippen LogP contribution in [0.1, 0.15) is 22.3 Å². The molecule has 230 valence electrons. The predicted molar refractivity (Wildman–Crippen MR) is 186 cm³/mol. The highest BCUT2D eigenvalue weighted by Gasteiger charge is 2.36. The molecule has 2 aromatic heterocycles. The first kappa shape index (κ1) is 29.1. The van der Waals surface area contributed by atoms with Crippen LogP contribution in [0.4, 0.5) is 18.9 Å². The second-order valence-corrected chi connectivity index (χ2v) is 12.0. The minimum absolute atomic E-state index is 0.128. The molecule has 4 nitrogen and oxygen atoms in total. The van der Waals surface area contributed by atoms with Gasteiger partial charge in [0.1, 0.15) is 6.07 Å². The Kier molecular flexibility index (Phi) is 6.44. The Hall–Kier alpha value is -6.31. The highest BCUT2D eigenvalue weighted by Crippen LogP contribution is 2.47. The molecule has 0 unspecified atom stereocenters. The molecule has 0 atom stereocenters. The number of aromatic nitrogens is 2. The van der Waals surface area contributed by atoms with E-state index in [2.05, 4.69) is 10.9 Å². The van der Waals surface area contributed by atoms with Gasteiger partial charge in [0.05, 0.1) is 51.1 Å². The van der Waals surface area contributed by atoms with Gasteiger partial charge in [-0.1, -0.05) is 78.9 Å². The molecule has 0 bridgehead atoms. The van der Waals surface area contributed by atoms with Gasteiger partial charge in [-0.3, -0.25) is 0 Å². The van der Waals surface area contributed by atoms with Crippen LogP contribution in [0, 0.1) is 31.8 Å². The van der Waals surface area contributed by atoms with Gasteiger partial charge in [0.25, 0.3) is 0 Å². The van der Waals surface area contributed by atoms with E-state index in [1.807, 2.05) is 108 Å². The van der Waals surface area contributed by atoms with Gasteiger partial charge in [-0.2, -0.15) is 18.4 Å². The maximum atomic E-state index is 14.9. The van der Waals surface area contributed by atoms with Gasteiger partial charge in [0.2, 0.25) is 0 Å². The van der Waals surface area contributed by atoms with Gasteiger partial charge in [-0.25, -0.2) is 4.85 Å². The maximum absolute atomic E-state index is 14.9. The van der Waals surface area contributed by atoms with Crippen molar-refractivity contribution < 1.29 is 13.2 Å².